The largest absolute Gasteiger partial charge is 0.364 e. The second kappa shape index (κ2) is 5.47. The molecule has 2 aromatic rings. The Labute approximate surface area is 107 Å². The predicted molar refractivity (Wildman–Crippen MR) is 71.0 cm³/mol. The van der Waals surface area contributed by atoms with Crippen molar-refractivity contribution >= 4 is 5.97 Å². The molecule has 0 N–H and O–H groups in total. The van der Waals surface area contributed by atoms with Crippen LogP contribution in [-0.4, -0.2) is 25.1 Å². The fraction of sp³-hybridized carbons (Fsp3) is 0.133. The van der Waals surface area contributed by atoms with Gasteiger partial charge in [-0.3, -0.25) is 0 Å². The van der Waals surface area contributed by atoms with Gasteiger partial charge in [-0.15, -0.1) is 5.06 Å². The molecule has 0 aliphatic rings. The molecule has 0 fully saturated rings. The molecule has 3 nitrogen and oxygen atoms in total. The topological polar surface area (TPSA) is 29.5 Å². The van der Waals surface area contributed by atoms with E-state index < -0.39 is 0 Å². The molecule has 0 aliphatic carbocycles. The molecule has 0 heterocycles. The Balaban J connectivity index is 2.18. The van der Waals surface area contributed by atoms with Crippen molar-refractivity contribution in [3.05, 3.63) is 60.2 Å². The fourth-order valence-corrected chi connectivity index (χ4v) is 1.65. The first-order valence-electron chi connectivity index (χ1n) is 5.72. The van der Waals surface area contributed by atoms with Gasteiger partial charge in [0.05, 0.1) is 5.56 Å². The summed E-state index contributed by atoms with van der Waals surface area (Å²) in [7, 11) is 3.35. The lowest BCUT2D eigenvalue weighted by atomic mass is 10.0. The molecule has 2 aromatic carbocycles. The summed E-state index contributed by atoms with van der Waals surface area (Å²) in [5.74, 6) is -0.348. The molecule has 3 heteroatoms. The molecule has 18 heavy (non-hydrogen) atoms. The molecular formula is C15H15NO2. The number of hydrogen-bond acceptors (Lipinski definition) is 3. The number of carbonyl (C=O) groups excluding carboxylic acids is 1. The van der Waals surface area contributed by atoms with Crippen LogP contribution in [-0.2, 0) is 4.84 Å². The van der Waals surface area contributed by atoms with Crippen molar-refractivity contribution in [3.63, 3.8) is 0 Å². The first-order chi connectivity index (χ1) is 8.66. The summed E-state index contributed by atoms with van der Waals surface area (Å²) in [5.41, 5.74) is 2.76. The highest BCUT2D eigenvalue weighted by molar-refractivity contribution is 5.89. The van der Waals surface area contributed by atoms with Crippen molar-refractivity contribution in [1.82, 2.24) is 5.06 Å². The van der Waals surface area contributed by atoms with Crippen molar-refractivity contribution < 1.29 is 9.63 Å². The van der Waals surface area contributed by atoms with Crippen LogP contribution >= 0.6 is 0 Å². The lowest BCUT2D eigenvalue weighted by Gasteiger charge is -2.10. The summed E-state index contributed by atoms with van der Waals surface area (Å²) in [6.45, 7) is 0. The number of carbonyl (C=O) groups is 1. The van der Waals surface area contributed by atoms with Crippen LogP contribution in [0.1, 0.15) is 10.4 Å². The minimum atomic E-state index is -0.348. The van der Waals surface area contributed by atoms with Crippen LogP contribution in [0.15, 0.2) is 54.6 Å². The van der Waals surface area contributed by atoms with E-state index in [2.05, 4.69) is 0 Å². The SMILES string of the molecule is CN(C)OC(=O)c1ccc(-c2ccccc2)cc1. The Morgan fingerprint density at radius 2 is 1.44 bits per heavy atom. The van der Waals surface area contributed by atoms with Crippen LogP contribution in [0.2, 0.25) is 0 Å². The van der Waals surface area contributed by atoms with E-state index in [0.29, 0.717) is 5.56 Å². The number of benzene rings is 2. The number of nitrogens with zero attached hydrogens (tertiary/aromatic N) is 1. The molecule has 0 unspecified atom stereocenters. The summed E-state index contributed by atoms with van der Waals surface area (Å²) < 4.78 is 0. The Hall–Kier alpha value is -2.13. The molecule has 2 rings (SSSR count). The quantitative estimate of drug-likeness (QED) is 0.774. The molecule has 92 valence electrons. The van der Waals surface area contributed by atoms with Gasteiger partial charge >= 0.3 is 5.97 Å². The molecule has 0 aliphatic heterocycles. The minimum Gasteiger partial charge on any atom is -0.364 e. The summed E-state index contributed by atoms with van der Waals surface area (Å²) in [5, 5.41) is 1.38. The van der Waals surface area contributed by atoms with Crippen LogP contribution in [0, 0.1) is 0 Å². The van der Waals surface area contributed by atoms with Crippen molar-refractivity contribution in [2.75, 3.05) is 14.1 Å². The van der Waals surface area contributed by atoms with Gasteiger partial charge in [-0.1, -0.05) is 42.5 Å². The second-order valence-electron chi connectivity index (χ2n) is 4.13. The van der Waals surface area contributed by atoms with Crippen LogP contribution in [0.4, 0.5) is 0 Å². The van der Waals surface area contributed by atoms with Crippen LogP contribution in [0.25, 0.3) is 11.1 Å². The van der Waals surface area contributed by atoms with Gasteiger partial charge in [0.2, 0.25) is 0 Å². The maximum absolute atomic E-state index is 11.6. The van der Waals surface area contributed by atoms with Crippen molar-refractivity contribution in [3.8, 4) is 11.1 Å². The third-order valence-electron chi connectivity index (χ3n) is 2.49. The summed E-state index contributed by atoms with van der Waals surface area (Å²) in [6.07, 6.45) is 0. The number of rotatable bonds is 3. The van der Waals surface area contributed by atoms with Crippen LogP contribution < -0.4 is 0 Å². The van der Waals surface area contributed by atoms with Gasteiger partial charge in [0.1, 0.15) is 0 Å². The highest BCUT2D eigenvalue weighted by atomic mass is 16.7. The van der Waals surface area contributed by atoms with E-state index >= 15 is 0 Å². The average Bonchev–Trinajstić information content (AvgIpc) is 2.39. The van der Waals surface area contributed by atoms with E-state index in [1.54, 1.807) is 26.2 Å². The zero-order valence-electron chi connectivity index (χ0n) is 10.5. The zero-order chi connectivity index (χ0) is 13.0. The van der Waals surface area contributed by atoms with Crippen molar-refractivity contribution in [1.29, 1.82) is 0 Å². The van der Waals surface area contributed by atoms with E-state index in [1.165, 1.54) is 5.06 Å². The minimum absolute atomic E-state index is 0.348. The van der Waals surface area contributed by atoms with Gasteiger partial charge in [0.25, 0.3) is 0 Å². The summed E-state index contributed by atoms with van der Waals surface area (Å²) in [6, 6.07) is 17.4. The molecule has 0 spiro atoms. The van der Waals surface area contributed by atoms with E-state index in [0.717, 1.165) is 11.1 Å². The van der Waals surface area contributed by atoms with Gasteiger partial charge in [0.15, 0.2) is 0 Å². The first kappa shape index (κ1) is 12.3. The molecule has 0 bridgehead atoms. The molecule has 0 atom stereocenters. The maximum Gasteiger partial charge on any atom is 0.356 e. The van der Waals surface area contributed by atoms with Crippen molar-refractivity contribution in [2.45, 2.75) is 0 Å². The third kappa shape index (κ3) is 2.96. The molecule has 0 radical (unpaired) electrons. The maximum atomic E-state index is 11.6. The molecule has 0 aromatic heterocycles. The van der Waals surface area contributed by atoms with E-state index in [-0.39, 0.29) is 5.97 Å². The highest BCUT2D eigenvalue weighted by Crippen LogP contribution is 2.19. The molecular weight excluding hydrogens is 226 g/mol. The highest BCUT2D eigenvalue weighted by Gasteiger charge is 2.08. The van der Waals surface area contributed by atoms with Gasteiger partial charge < -0.3 is 4.84 Å². The Bertz CT molecular complexity index is 518. The molecule has 0 saturated carbocycles. The molecule has 0 saturated heterocycles. The first-order valence-corrected chi connectivity index (χ1v) is 5.72. The van der Waals surface area contributed by atoms with Crippen LogP contribution in [0.5, 0.6) is 0 Å². The smallest absolute Gasteiger partial charge is 0.356 e. The van der Waals surface area contributed by atoms with Gasteiger partial charge in [-0.2, -0.15) is 0 Å². The Morgan fingerprint density at radius 3 is 2.00 bits per heavy atom. The summed E-state index contributed by atoms with van der Waals surface area (Å²) in [4.78, 5) is 16.6. The fourth-order valence-electron chi connectivity index (χ4n) is 1.65. The Morgan fingerprint density at radius 1 is 0.889 bits per heavy atom. The normalized spacial score (nSPS) is 10.4. The summed E-state index contributed by atoms with van der Waals surface area (Å²) >= 11 is 0. The zero-order valence-corrected chi connectivity index (χ0v) is 10.5. The van der Waals surface area contributed by atoms with Crippen molar-refractivity contribution in [2.24, 2.45) is 0 Å². The second-order valence-corrected chi connectivity index (χ2v) is 4.13. The van der Waals surface area contributed by atoms with Gasteiger partial charge in [-0.05, 0) is 23.3 Å². The number of hydrogen-bond donors (Lipinski definition) is 0. The van der Waals surface area contributed by atoms with Crippen LogP contribution in [0.3, 0.4) is 0 Å². The molecule has 0 amide bonds. The standard InChI is InChI=1S/C15H15NO2/c1-16(2)18-15(17)14-10-8-13(9-11-14)12-6-4-3-5-7-12/h3-11H,1-2H3. The predicted octanol–water partition coefficient (Wildman–Crippen LogP) is 2.99. The lowest BCUT2D eigenvalue weighted by molar-refractivity contribution is -0.0713. The number of hydroxylamine groups is 2. The van der Waals surface area contributed by atoms with E-state index in [9.17, 15) is 4.79 Å². The monoisotopic (exact) mass is 241 g/mol. The van der Waals surface area contributed by atoms with Gasteiger partial charge in [0, 0.05) is 14.1 Å². The Kier molecular flexibility index (Phi) is 3.75. The van der Waals surface area contributed by atoms with E-state index in [4.69, 9.17) is 4.84 Å². The average molecular weight is 241 g/mol. The van der Waals surface area contributed by atoms with Gasteiger partial charge in [-0.25, -0.2) is 4.79 Å². The third-order valence-corrected chi connectivity index (χ3v) is 2.49. The lowest BCUT2D eigenvalue weighted by Crippen LogP contribution is -2.18. The van der Waals surface area contributed by atoms with E-state index in [1.807, 2.05) is 42.5 Å².